The van der Waals surface area contributed by atoms with Crippen molar-refractivity contribution in [3.63, 3.8) is 0 Å². The molecule has 3 rings (SSSR count). The van der Waals surface area contributed by atoms with Crippen LogP contribution < -0.4 is 4.74 Å². The van der Waals surface area contributed by atoms with Crippen LogP contribution in [0.15, 0.2) is 67.0 Å². The van der Waals surface area contributed by atoms with Gasteiger partial charge in [-0.3, -0.25) is 0 Å². The Hall–Kier alpha value is -3.15. The van der Waals surface area contributed by atoms with Crippen LogP contribution in [-0.4, -0.2) is 22.3 Å². The van der Waals surface area contributed by atoms with E-state index < -0.39 is 12.6 Å². The lowest BCUT2D eigenvalue weighted by atomic mass is 10.1. The fourth-order valence-corrected chi connectivity index (χ4v) is 2.35. The highest BCUT2D eigenvalue weighted by molar-refractivity contribution is 5.88. The van der Waals surface area contributed by atoms with Crippen LogP contribution in [0, 0.1) is 0 Å². The van der Waals surface area contributed by atoms with Crippen molar-refractivity contribution in [2.45, 2.75) is 6.61 Å². The molecule has 0 saturated carbocycles. The number of benzene rings is 2. The van der Waals surface area contributed by atoms with Crippen molar-refractivity contribution in [3.05, 3.63) is 72.6 Å². The quantitative estimate of drug-likeness (QED) is 0.753. The molecule has 1 heterocycles. The van der Waals surface area contributed by atoms with Crippen molar-refractivity contribution >= 4 is 5.97 Å². The minimum atomic E-state index is -2.87. The third-order valence-corrected chi connectivity index (χ3v) is 3.50. The van der Waals surface area contributed by atoms with Gasteiger partial charge >= 0.3 is 12.6 Å². The molecular weight excluding hydrogens is 316 g/mol. The van der Waals surface area contributed by atoms with Crippen LogP contribution in [0.3, 0.4) is 0 Å². The number of hydrogen-bond acceptors (Lipinski definition) is 2. The van der Waals surface area contributed by atoms with Gasteiger partial charge in [-0.1, -0.05) is 18.2 Å². The van der Waals surface area contributed by atoms with Crippen molar-refractivity contribution in [2.24, 2.45) is 0 Å². The number of carbonyl (C=O) groups is 1. The molecule has 0 spiro atoms. The number of halogens is 2. The Balaban J connectivity index is 1.86. The summed E-state index contributed by atoms with van der Waals surface area (Å²) in [6, 6.07) is 14.8. The minimum Gasteiger partial charge on any atom is -0.478 e. The number of aromatic carboxylic acids is 1. The van der Waals surface area contributed by atoms with Crippen LogP contribution >= 0.6 is 0 Å². The average Bonchev–Trinajstić information content (AvgIpc) is 3.04. The molecule has 0 aliphatic carbocycles. The van der Waals surface area contributed by atoms with Crippen LogP contribution in [0.5, 0.6) is 5.75 Å². The number of hydrogen-bond donors (Lipinski definition) is 1. The molecule has 0 amide bonds. The molecule has 6 heteroatoms. The standard InChI is InChI=1S/C18H13F2NO3/c19-18(20)24-16-3-1-2-15(10-16)21-9-8-14(11-21)12-4-6-13(7-5-12)17(22)23/h1-11,18H,(H,22,23). The van der Waals surface area contributed by atoms with Crippen molar-refractivity contribution in [2.75, 3.05) is 0 Å². The van der Waals surface area contributed by atoms with E-state index in [0.717, 1.165) is 11.1 Å². The number of nitrogens with zero attached hydrogens (tertiary/aromatic N) is 1. The normalized spacial score (nSPS) is 10.8. The average molecular weight is 329 g/mol. The summed E-state index contributed by atoms with van der Waals surface area (Å²) >= 11 is 0. The van der Waals surface area contributed by atoms with Crippen molar-refractivity contribution in [1.29, 1.82) is 0 Å². The van der Waals surface area contributed by atoms with E-state index in [9.17, 15) is 13.6 Å². The lowest BCUT2D eigenvalue weighted by Gasteiger charge is -2.07. The van der Waals surface area contributed by atoms with Gasteiger partial charge in [-0.05, 0) is 41.5 Å². The number of carboxylic acid groups (broad SMARTS) is 1. The van der Waals surface area contributed by atoms with Crippen LogP contribution in [0.4, 0.5) is 8.78 Å². The maximum atomic E-state index is 12.3. The molecule has 24 heavy (non-hydrogen) atoms. The molecule has 0 atom stereocenters. The first kappa shape index (κ1) is 15.7. The van der Waals surface area contributed by atoms with Crippen molar-refractivity contribution < 1.29 is 23.4 Å². The van der Waals surface area contributed by atoms with Gasteiger partial charge in [0.05, 0.1) is 5.56 Å². The van der Waals surface area contributed by atoms with E-state index in [2.05, 4.69) is 4.74 Å². The Morgan fingerprint density at radius 1 is 1.04 bits per heavy atom. The van der Waals surface area contributed by atoms with Gasteiger partial charge in [0.2, 0.25) is 0 Å². The topological polar surface area (TPSA) is 51.5 Å². The molecule has 0 aliphatic rings. The third kappa shape index (κ3) is 3.43. The highest BCUT2D eigenvalue weighted by Crippen LogP contribution is 2.24. The Kier molecular flexibility index (Phi) is 4.29. The van der Waals surface area contributed by atoms with Gasteiger partial charge in [0.1, 0.15) is 5.75 Å². The van der Waals surface area contributed by atoms with Gasteiger partial charge < -0.3 is 14.4 Å². The minimum absolute atomic E-state index is 0.0866. The lowest BCUT2D eigenvalue weighted by Crippen LogP contribution is -2.02. The summed E-state index contributed by atoms with van der Waals surface area (Å²) in [4.78, 5) is 10.9. The smallest absolute Gasteiger partial charge is 0.387 e. The summed E-state index contributed by atoms with van der Waals surface area (Å²) in [5, 5.41) is 8.92. The molecule has 2 aromatic carbocycles. The number of ether oxygens (including phenoxy) is 1. The summed E-state index contributed by atoms with van der Waals surface area (Å²) < 4.78 is 30.8. The highest BCUT2D eigenvalue weighted by Gasteiger charge is 2.07. The van der Waals surface area contributed by atoms with Gasteiger partial charge in [-0.25, -0.2) is 4.79 Å². The molecule has 1 aromatic heterocycles. The van der Waals surface area contributed by atoms with E-state index in [4.69, 9.17) is 5.11 Å². The van der Waals surface area contributed by atoms with Gasteiger partial charge in [-0.2, -0.15) is 8.78 Å². The summed E-state index contributed by atoms with van der Waals surface area (Å²) in [5.74, 6) is -0.890. The summed E-state index contributed by atoms with van der Waals surface area (Å²) in [6.07, 6.45) is 3.62. The summed E-state index contributed by atoms with van der Waals surface area (Å²) in [6.45, 7) is -2.87. The monoisotopic (exact) mass is 329 g/mol. The fraction of sp³-hybridized carbons (Fsp3) is 0.0556. The predicted molar refractivity (Wildman–Crippen MR) is 84.8 cm³/mol. The van der Waals surface area contributed by atoms with Crippen LogP contribution in [0.25, 0.3) is 16.8 Å². The number of aromatic nitrogens is 1. The third-order valence-electron chi connectivity index (χ3n) is 3.50. The Morgan fingerprint density at radius 2 is 1.79 bits per heavy atom. The number of rotatable bonds is 5. The molecule has 0 saturated heterocycles. The van der Waals surface area contributed by atoms with E-state index >= 15 is 0 Å². The fourth-order valence-electron chi connectivity index (χ4n) is 2.35. The van der Waals surface area contributed by atoms with Crippen molar-refractivity contribution in [3.8, 4) is 22.6 Å². The number of carboxylic acids is 1. The number of alkyl halides is 2. The first-order valence-electron chi connectivity index (χ1n) is 7.10. The second-order valence-electron chi connectivity index (χ2n) is 5.07. The molecule has 122 valence electrons. The van der Waals surface area contributed by atoms with E-state index in [0.29, 0.717) is 5.69 Å². The zero-order valence-electron chi connectivity index (χ0n) is 12.4. The molecule has 0 radical (unpaired) electrons. The largest absolute Gasteiger partial charge is 0.478 e. The Morgan fingerprint density at radius 3 is 2.46 bits per heavy atom. The Labute approximate surface area is 136 Å². The zero-order valence-corrected chi connectivity index (χ0v) is 12.4. The molecule has 0 unspecified atom stereocenters. The summed E-state index contributed by atoms with van der Waals surface area (Å²) in [5.41, 5.74) is 2.64. The van der Waals surface area contributed by atoms with Crippen LogP contribution in [-0.2, 0) is 0 Å². The molecule has 3 aromatic rings. The zero-order chi connectivity index (χ0) is 17.1. The van der Waals surface area contributed by atoms with E-state index in [-0.39, 0.29) is 11.3 Å². The van der Waals surface area contributed by atoms with Crippen LogP contribution in [0.1, 0.15) is 10.4 Å². The van der Waals surface area contributed by atoms with Crippen molar-refractivity contribution in [1.82, 2.24) is 4.57 Å². The first-order valence-corrected chi connectivity index (χ1v) is 7.10. The molecule has 0 fully saturated rings. The predicted octanol–water partition coefficient (Wildman–Crippen LogP) is 4.44. The molecule has 0 bridgehead atoms. The van der Waals surface area contributed by atoms with Gasteiger partial charge in [0.15, 0.2) is 0 Å². The highest BCUT2D eigenvalue weighted by atomic mass is 19.3. The molecular formula is C18H13F2NO3. The molecule has 0 aliphatic heterocycles. The summed E-state index contributed by atoms with van der Waals surface area (Å²) in [7, 11) is 0. The van der Waals surface area contributed by atoms with E-state index in [1.807, 2.05) is 12.3 Å². The van der Waals surface area contributed by atoms with Gasteiger partial charge in [-0.15, -0.1) is 0 Å². The maximum absolute atomic E-state index is 12.3. The molecule has 1 N–H and O–H groups in total. The van der Waals surface area contributed by atoms with E-state index in [1.54, 1.807) is 35.0 Å². The van der Waals surface area contributed by atoms with Gasteiger partial charge in [0, 0.05) is 24.1 Å². The lowest BCUT2D eigenvalue weighted by molar-refractivity contribution is -0.0498. The first-order chi connectivity index (χ1) is 11.5. The maximum Gasteiger partial charge on any atom is 0.387 e. The van der Waals surface area contributed by atoms with E-state index in [1.165, 1.54) is 24.3 Å². The second kappa shape index (κ2) is 6.54. The molecule has 4 nitrogen and oxygen atoms in total. The Bertz CT molecular complexity index is 857. The second-order valence-corrected chi connectivity index (χ2v) is 5.07. The van der Waals surface area contributed by atoms with Crippen LogP contribution in [0.2, 0.25) is 0 Å². The van der Waals surface area contributed by atoms with Gasteiger partial charge in [0.25, 0.3) is 0 Å². The SMILES string of the molecule is O=C(O)c1ccc(-c2ccn(-c3cccc(OC(F)F)c3)c2)cc1.